The molecular formula is C13H15F4NO2. The van der Waals surface area contributed by atoms with Gasteiger partial charge in [-0.15, -0.1) is 0 Å². The topological polar surface area (TPSA) is 49.3 Å². The van der Waals surface area contributed by atoms with Gasteiger partial charge >= 0.3 is 6.18 Å². The van der Waals surface area contributed by atoms with Crippen molar-refractivity contribution in [3.63, 3.8) is 0 Å². The molecule has 0 radical (unpaired) electrons. The van der Waals surface area contributed by atoms with Gasteiger partial charge in [0, 0.05) is 6.54 Å². The van der Waals surface area contributed by atoms with Gasteiger partial charge in [-0.1, -0.05) is 13.0 Å². The van der Waals surface area contributed by atoms with Crippen LogP contribution in [0.25, 0.3) is 0 Å². The molecule has 0 aliphatic carbocycles. The molecule has 0 heterocycles. The second kappa shape index (κ2) is 6.69. The molecule has 1 rings (SSSR count). The van der Waals surface area contributed by atoms with Crippen molar-refractivity contribution in [3.8, 4) is 0 Å². The van der Waals surface area contributed by atoms with Crippen LogP contribution >= 0.6 is 0 Å². The van der Waals surface area contributed by atoms with E-state index in [1.54, 1.807) is 6.92 Å². The highest BCUT2D eigenvalue weighted by molar-refractivity contribution is 5.94. The van der Waals surface area contributed by atoms with E-state index in [0.29, 0.717) is 12.5 Å². The molecule has 7 heteroatoms. The first-order valence-corrected chi connectivity index (χ1v) is 6.09. The Morgan fingerprint density at radius 2 is 2.05 bits per heavy atom. The quantitative estimate of drug-likeness (QED) is 0.820. The van der Waals surface area contributed by atoms with E-state index in [0.717, 1.165) is 12.1 Å². The van der Waals surface area contributed by atoms with Crippen LogP contribution in [0.3, 0.4) is 0 Å². The number of carbonyl (C=O) groups excluding carboxylic acids is 1. The number of alkyl halides is 3. The second-order valence-corrected chi connectivity index (χ2v) is 4.27. The fourth-order valence-electron chi connectivity index (χ4n) is 1.58. The first-order valence-electron chi connectivity index (χ1n) is 6.09. The standard InChI is InChI=1S/C13H15F4NO2/c1-2-8(19)6-7-18-12(20)9-4-3-5-10(11(9)14)13(15,16)17/h3-5,8,19H,2,6-7H2,1H3,(H,18,20). The van der Waals surface area contributed by atoms with Crippen LogP contribution < -0.4 is 5.32 Å². The van der Waals surface area contributed by atoms with Crippen LogP contribution in [0.4, 0.5) is 17.6 Å². The van der Waals surface area contributed by atoms with Gasteiger partial charge in [0.25, 0.3) is 5.91 Å². The third kappa shape index (κ3) is 4.19. The summed E-state index contributed by atoms with van der Waals surface area (Å²) in [4.78, 5) is 11.6. The van der Waals surface area contributed by atoms with Crippen molar-refractivity contribution in [1.29, 1.82) is 0 Å². The number of benzene rings is 1. The van der Waals surface area contributed by atoms with Crippen molar-refractivity contribution in [1.82, 2.24) is 5.32 Å². The van der Waals surface area contributed by atoms with Gasteiger partial charge in [0.2, 0.25) is 0 Å². The van der Waals surface area contributed by atoms with Crippen molar-refractivity contribution in [2.75, 3.05) is 6.54 Å². The van der Waals surface area contributed by atoms with Crippen LogP contribution in [0.5, 0.6) is 0 Å². The average Bonchev–Trinajstić information content (AvgIpc) is 2.37. The molecule has 0 saturated carbocycles. The Kier molecular flexibility index (Phi) is 5.50. The molecule has 0 saturated heterocycles. The number of carbonyl (C=O) groups is 1. The number of hydrogen-bond donors (Lipinski definition) is 2. The fraction of sp³-hybridized carbons (Fsp3) is 0.462. The van der Waals surface area contributed by atoms with E-state index in [1.165, 1.54) is 0 Å². The van der Waals surface area contributed by atoms with Crippen LogP contribution in [0.15, 0.2) is 18.2 Å². The second-order valence-electron chi connectivity index (χ2n) is 4.27. The Morgan fingerprint density at radius 1 is 1.40 bits per heavy atom. The lowest BCUT2D eigenvalue weighted by Crippen LogP contribution is -2.28. The fourth-order valence-corrected chi connectivity index (χ4v) is 1.58. The van der Waals surface area contributed by atoms with Crippen LogP contribution in [0.1, 0.15) is 35.7 Å². The molecule has 20 heavy (non-hydrogen) atoms. The Bertz CT molecular complexity index is 474. The van der Waals surface area contributed by atoms with Gasteiger partial charge in [-0.05, 0) is 25.0 Å². The van der Waals surface area contributed by atoms with Gasteiger partial charge in [0.05, 0.1) is 17.2 Å². The monoisotopic (exact) mass is 293 g/mol. The van der Waals surface area contributed by atoms with Crippen molar-refractivity contribution in [2.45, 2.75) is 32.0 Å². The summed E-state index contributed by atoms with van der Waals surface area (Å²) in [5.74, 6) is -2.52. The summed E-state index contributed by atoms with van der Waals surface area (Å²) >= 11 is 0. The van der Waals surface area contributed by atoms with Crippen molar-refractivity contribution in [2.24, 2.45) is 0 Å². The van der Waals surface area contributed by atoms with Crippen LogP contribution in [0.2, 0.25) is 0 Å². The van der Waals surface area contributed by atoms with E-state index in [-0.39, 0.29) is 13.0 Å². The van der Waals surface area contributed by atoms with Crippen LogP contribution in [-0.4, -0.2) is 23.7 Å². The lowest BCUT2D eigenvalue weighted by Gasteiger charge is -2.12. The first-order chi connectivity index (χ1) is 9.27. The zero-order chi connectivity index (χ0) is 15.3. The number of halogens is 4. The van der Waals surface area contributed by atoms with E-state index in [9.17, 15) is 27.5 Å². The highest BCUT2D eigenvalue weighted by atomic mass is 19.4. The molecule has 1 aromatic rings. The smallest absolute Gasteiger partial charge is 0.393 e. The summed E-state index contributed by atoms with van der Waals surface area (Å²) < 4.78 is 51.1. The number of hydrogen-bond acceptors (Lipinski definition) is 2. The Labute approximate surface area is 113 Å². The van der Waals surface area contributed by atoms with Gasteiger partial charge in [-0.25, -0.2) is 4.39 Å². The molecule has 1 unspecified atom stereocenters. The molecule has 0 aromatic heterocycles. The summed E-state index contributed by atoms with van der Waals surface area (Å²) in [5.41, 5.74) is -2.13. The van der Waals surface area contributed by atoms with Gasteiger partial charge in [0.1, 0.15) is 5.82 Å². The average molecular weight is 293 g/mol. The largest absolute Gasteiger partial charge is 0.419 e. The van der Waals surface area contributed by atoms with Gasteiger partial charge in [0.15, 0.2) is 0 Å². The molecule has 0 bridgehead atoms. The maximum atomic E-state index is 13.6. The molecule has 0 fully saturated rings. The summed E-state index contributed by atoms with van der Waals surface area (Å²) in [5, 5.41) is 11.6. The Hall–Kier alpha value is -1.63. The minimum Gasteiger partial charge on any atom is -0.393 e. The molecule has 112 valence electrons. The highest BCUT2D eigenvalue weighted by Crippen LogP contribution is 2.32. The van der Waals surface area contributed by atoms with Crippen molar-refractivity contribution in [3.05, 3.63) is 35.1 Å². The minimum absolute atomic E-state index is 0.0591. The normalized spacial score (nSPS) is 13.1. The molecule has 3 nitrogen and oxygen atoms in total. The Morgan fingerprint density at radius 3 is 2.60 bits per heavy atom. The van der Waals surface area contributed by atoms with Crippen LogP contribution in [-0.2, 0) is 6.18 Å². The number of aliphatic hydroxyl groups excluding tert-OH is 1. The summed E-state index contributed by atoms with van der Waals surface area (Å²) in [7, 11) is 0. The lowest BCUT2D eigenvalue weighted by molar-refractivity contribution is -0.140. The van der Waals surface area contributed by atoms with Gasteiger partial charge in [-0.2, -0.15) is 13.2 Å². The third-order valence-electron chi connectivity index (χ3n) is 2.78. The summed E-state index contributed by atoms with van der Waals surface area (Å²) in [6.45, 7) is 1.81. The van der Waals surface area contributed by atoms with E-state index in [1.807, 2.05) is 0 Å². The number of amides is 1. The molecule has 1 atom stereocenters. The third-order valence-corrected chi connectivity index (χ3v) is 2.78. The van der Waals surface area contributed by atoms with E-state index >= 15 is 0 Å². The molecule has 0 aliphatic rings. The lowest BCUT2D eigenvalue weighted by atomic mass is 10.1. The predicted molar refractivity (Wildman–Crippen MR) is 64.7 cm³/mol. The van der Waals surface area contributed by atoms with Gasteiger partial charge in [-0.3, -0.25) is 4.79 Å². The highest BCUT2D eigenvalue weighted by Gasteiger charge is 2.35. The molecule has 1 amide bonds. The molecule has 1 aromatic carbocycles. The van der Waals surface area contributed by atoms with Crippen molar-refractivity contribution >= 4 is 5.91 Å². The number of aliphatic hydroxyl groups is 1. The van der Waals surface area contributed by atoms with E-state index < -0.39 is 35.1 Å². The Balaban J connectivity index is 2.79. The molecule has 0 spiro atoms. The van der Waals surface area contributed by atoms with Crippen LogP contribution in [0, 0.1) is 5.82 Å². The molecular weight excluding hydrogens is 278 g/mol. The SMILES string of the molecule is CCC(O)CCNC(=O)c1cccc(C(F)(F)F)c1F. The predicted octanol–water partition coefficient (Wildman–Crippen LogP) is 2.74. The zero-order valence-corrected chi connectivity index (χ0v) is 10.8. The maximum absolute atomic E-state index is 13.6. The first kappa shape index (κ1) is 16.4. The van der Waals surface area contributed by atoms with Gasteiger partial charge < -0.3 is 10.4 Å². The number of nitrogens with one attached hydrogen (secondary N) is 1. The summed E-state index contributed by atoms with van der Waals surface area (Å²) in [6.07, 6.45) is -4.71. The maximum Gasteiger partial charge on any atom is 0.419 e. The summed E-state index contributed by atoms with van der Waals surface area (Å²) in [6, 6.07) is 2.53. The van der Waals surface area contributed by atoms with E-state index in [2.05, 4.69) is 5.32 Å². The minimum atomic E-state index is -4.85. The zero-order valence-electron chi connectivity index (χ0n) is 10.8. The number of rotatable bonds is 5. The molecule has 2 N–H and O–H groups in total. The van der Waals surface area contributed by atoms with Crippen molar-refractivity contribution < 1.29 is 27.5 Å². The van der Waals surface area contributed by atoms with E-state index in [4.69, 9.17) is 0 Å². The molecule has 0 aliphatic heterocycles.